The standard InChI is InChI=1S/C9H8BrClO2/c10-7-2-1-6(3-8(7)11)9(12)4-13-5-9/h1-3,12H,4-5H2. The molecule has 0 amide bonds. The molecule has 1 aromatic carbocycles. The number of hydrogen-bond acceptors (Lipinski definition) is 2. The molecular formula is C9H8BrClO2. The van der Waals surface area contributed by atoms with E-state index in [1.54, 1.807) is 6.07 Å². The van der Waals surface area contributed by atoms with Crippen molar-refractivity contribution in [2.75, 3.05) is 13.2 Å². The van der Waals surface area contributed by atoms with Crippen molar-refractivity contribution in [1.82, 2.24) is 0 Å². The zero-order chi connectivity index (χ0) is 9.47. The molecular weight excluding hydrogens is 255 g/mol. The smallest absolute Gasteiger partial charge is 0.136 e. The topological polar surface area (TPSA) is 29.5 Å². The highest BCUT2D eigenvalue weighted by molar-refractivity contribution is 9.10. The second kappa shape index (κ2) is 3.24. The maximum Gasteiger partial charge on any atom is 0.136 e. The zero-order valence-corrected chi connectivity index (χ0v) is 9.10. The molecule has 1 aliphatic heterocycles. The maximum atomic E-state index is 9.90. The average Bonchev–Trinajstić information content (AvgIpc) is 2.06. The Morgan fingerprint density at radius 1 is 1.46 bits per heavy atom. The molecule has 1 heterocycles. The predicted octanol–water partition coefficient (Wildman–Crippen LogP) is 2.32. The molecule has 0 radical (unpaired) electrons. The Hall–Kier alpha value is -0.0900. The summed E-state index contributed by atoms with van der Waals surface area (Å²) in [6, 6.07) is 5.43. The highest BCUT2D eigenvalue weighted by Crippen LogP contribution is 2.33. The van der Waals surface area contributed by atoms with Crippen LogP contribution in [0.3, 0.4) is 0 Å². The molecule has 0 aliphatic carbocycles. The van der Waals surface area contributed by atoms with Crippen LogP contribution >= 0.6 is 27.5 Å². The van der Waals surface area contributed by atoms with Crippen molar-refractivity contribution < 1.29 is 9.84 Å². The number of benzene rings is 1. The summed E-state index contributed by atoms with van der Waals surface area (Å²) >= 11 is 9.19. The predicted molar refractivity (Wildman–Crippen MR) is 53.9 cm³/mol. The summed E-state index contributed by atoms with van der Waals surface area (Å²) in [7, 11) is 0. The van der Waals surface area contributed by atoms with Crippen molar-refractivity contribution in [1.29, 1.82) is 0 Å². The van der Waals surface area contributed by atoms with E-state index in [-0.39, 0.29) is 0 Å². The fraction of sp³-hybridized carbons (Fsp3) is 0.333. The van der Waals surface area contributed by atoms with Gasteiger partial charge in [-0.25, -0.2) is 0 Å². The third-order valence-corrected chi connectivity index (χ3v) is 3.37. The van der Waals surface area contributed by atoms with Crippen LogP contribution in [0.15, 0.2) is 22.7 Å². The van der Waals surface area contributed by atoms with Gasteiger partial charge in [0, 0.05) is 4.47 Å². The van der Waals surface area contributed by atoms with E-state index >= 15 is 0 Å². The van der Waals surface area contributed by atoms with Crippen LogP contribution in [0.4, 0.5) is 0 Å². The van der Waals surface area contributed by atoms with Crippen molar-refractivity contribution in [2.24, 2.45) is 0 Å². The van der Waals surface area contributed by atoms with Crippen molar-refractivity contribution in [3.8, 4) is 0 Å². The first kappa shape index (κ1) is 9.46. The van der Waals surface area contributed by atoms with Gasteiger partial charge in [-0.2, -0.15) is 0 Å². The van der Waals surface area contributed by atoms with Gasteiger partial charge in [-0.1, -0.05) is 17.7 Å². The minimum absolute atomic E-state index is 0.352. The molecule has 4 heteroatoms. The average molecular weight is 264 g/mol. The molecule has 0 atom stereocenters. The first-order chi connectivity index (χ1) is 6.12. The van der Waals surface area contributed by atoms with Gasteiger partial charge in [-0.15, -0.1) is 0 Å². The minimum Gasteiger partial charge on any atom is -0.380 e. The van der Waals surface area contributed by atoms with Gasteiger partial charge in [0.05, 0.1) is 18.2 Å². The van der Waals surface area contributed by atoms with E-state index in [2.05, 4.69) is 15.9 Å². The molecule has 0 bridgehead atoms. The van der Waals surface area contributed by atoms with Gasteiger partial charge in [0.15, 0.2) is 0 Å². The van der Waals surface area contributed by atoms with E-state index in [1.165, 1.54) is 0 Å². The fourth-order valence-corrected chi connectivity index (χ4v) is 1.67. The quantitative estimate of drug-likeness (QED) is 0.842. The van der Waals surface area contributed by atoms with Crippen LogP contribution in [0.1, 0.15) is 5.56 Å². The van der Waals surface area contributed by atoms with Gasteiger partial charge in [-0.3, -0.25) is 0 Å². The van der Waals surface area contributed by atoms with E-state index in [0.717, 1.165) is 10.0 Å². The van der Waals surface area contributed by atoms with Crippen molar-refractivity contribution in [3.05, 3.63) is 33.3 Å². The Kier molecular flexibility index (Phi) is 2.36. The normalized spacial score (nSPS) is 19.6. The lowest BCUT2D eigenvalue weighted by molar-refractivity contribution is -0.184. The summed E-state index contributed by atoms with van der Waals surface area (Å²) in [5.41, 5.74) is -0.0170. The highest BCUT2D eigenvalue weighted by Gasteiger charge is 2.38. The van der Waals surface area contributed by atoms with Gasteiger partial charge in [0.25, 0.3) is 0 Å². The first-order valence-corrected chi connectivity index (χ1v) is 5.05. The Balaban J connectivity index is 2.36. The van der Waals surface area contributed by atoms with Gasteiger partial charge < -0.3 is 9.84 Å². The van der Waals surface area contributed by atoms with E-state index in [4.69, 9.17) is 16.3 Å². The number of halogens is 2. The minimum atomic E-state index is -0.829. The zero-order valence-electron chi connectivity index (χ0n) is 6.76. The molecule has 0 aromatic heterocycles. The summed E-state index contributed by atoms with van der Waals surface area (Å²) in [5.74, 6) is 0. The van der Waals surface area contributed by atoms with Crippen molar-refractivity contribution >= 4 is 27.5 Å². The Morgan fingerprint density at radius 3 is 2.62 bits per heavy atom. The second-order valence-corrected chi connectivity index (χ2v) is 4.41. The lowest BCUT2D eigenvalue weighted by Gasteiger charge is -2.36. The van der Waals surface area contributed by atoms with Crippen LogP contribution in [-0.2, 0) is 10.3 Å². The van der Waals surface area contributed by atoms with Crippen LogP contribution in [0.25, 0.3) is 0 Å². The monoisotopic (exact) mass is 262 g/mol. The molecule has 1 N–H and O–H groups in total. The summed E-state index contributed by atoms with van der Waals surface area (Å²) in [6.07, 6.45) is 0. The van der Waals surface area contributed by atoms with E-state index in [9.17, 15) is 5.11 Å². The third kappa shape index (κ3) is 1.62. The molecule has 0 spiro atoms. The second-order valence-electron chi connectivity index (χ2n) is 3.15. The molecule has 70 valence electrons. The van der Waals surface area contributed by atoms with Crippen molar-refractivity contribution in [2.45, 2.75) is 5.60 Å². The number of rotatable bonds is 1. The Labute approximate surface area is 89.6 Å². The van der Waals surface area contributed by atoms with Gasteiger partial charge >= 0.3 is 0 Å². The van der Waals surface area contributed by atoms with E-state index in [1.807, 2.05) is 12.1 Å². The van der Waals surface area contributed by atoms with Gasteiger partial charge in [0.2, 0.25) is 0 Å². The SMILES string of the molecule is OC1(c2ccc(Br)c(Cl)c2)COC1. The van der Waals surface area contributed by atoms with Crippen molar-refractivity contribution in [3.63, 3.8) is 0 Å². The van der Waals surface area contributed by atoms with Crippen LogP contribution in [0.5, 0.6) is 0 Å². The Morgan fingerprint density at radius 2 is 2.15 bits per heavy atom. The third-order valence-electron chi connectivity index (χ3n) is 2.14. The van der Waals surface area contributed by atoms with Crippen LogP contribution in [-0.4, -0.2) is 18.3 Å². The molecule has 1 fully saturated rings. The molecule has 13 heavy (non-hydrogen) atoms. The summed E-state index contributed by atoms with van der Waals surface area (Å²) in [5, 5.41) is 10.5. The van der Waals surface area contributed by atoms with Crippen LogP contribution in [0.2, 0.25) is 5.02 Å². The molecule has 0 unspecified atom stereocenters. The number of hydrogen-bond donors (Lipinski definition) is 1. The molecule has 0 saturated carbocycles. The lowest BCUT2D eigenvalue weighted by Crippen LogP contribution is -2.46. The van der Waals surface area contributed by atoms with Crippen LogP contribution in [0, 0.1) is 0 Å². The van der Waals surface area contributed by atoms with Crippen LogP contribution < -0.4 is 0 Å². The maximum absolute atomic E-state index is 9.90. The molecule has 1 aromatic rings. The van der Waals surface area contributed by atoms with E-state index < -0.39 is 5.60 Å². The molecule has 2 rings (SSSR count). The summed E-state index contributed by atoms with van der Waals surface area (Å²) in [4.78, 5) is 0. The molecule has 1 aliphatic rings. The molecule has 1 saturated heterocycles. The largest absolute Gasteiger partial charge is 0.380 e. The highest BCUT2D eigenvalue weighted by atomic mass is 79.9. The number of aliphatic hydroxyl groups is 1. The van der Waals surface area contributed by atoms with Gasteiger partial charge in [-0.05, 0) is 33.6 Å². The summed E-state index contributed by atoms with van der Waals surface area (Å²) in [6.45, 7) is 0.704. The number of ether oxygens (including phenoxy) is 1. The first-order valence-electron chi connectivity index (χ1n) is 3.87. The lowest BCUT2D eigenvalue weighted by atomic mass is 9.92. The summed E-state index contributed by atoms with van der Waals surface area (Å²) < 4.78 is 5.79. The Bertz CT molecular complexity index is 336. The van der Waals surface area contributed by atoms with E-state index in [0.29, 0.717) is 18.2 Å². The van der Waals surface area contributed by atoms with Gasteiger partial charge in [0.1, 0.15) is 5.60 Å². The molecule has 2 nitrogen and oxygen atoms in total. The fourth-order valence-electron chi connectivity index (χ4n) is 1.25.